The SMILES string of the molecule is CCC(C)N(Cc1cccc(OS(=O)(=O)c2cccc(C(F)(F)F)c2)c1)C(=O)Nc1ccc(F)c(F)c1. The summed E-state index contributed by atoms with van der Waals surface area (Å²) in [5.74, 6) is -2.35. The molecule has 37 heavy (non-hydrogen) atoms. The first-order valence-electron chi connectivity index (χ1n) is 11.0. The minimum Gasteiger partial charge on any atom is -0.379 e. The van der Waals surface area contributed by atoms with Gasteiger partial charge in [0.25, 0.3) is 0 Å². The highest BCUT2D eigenvalue weighted by atomic mass is 32.2. The number of carbonyl (C=O) groups is 1. The van der Waals surface area contributed by atoms with Gasteiger partial charge in [-0.25, -0.2) is 13.6 Å². The molecule has 0 fully saturated rings. The van der Waals surface area contributed by atoms with E-state index >= 15 is 0 Å². The number of alkyl halides is 3. The third kappa shape index (κ3) is 7.19. The summed E-state index contributed by atoms with van der Waals surface area (Å²) in [7, 11) is -4.59. The molecule has 3 aromatic carbocycles. The first kappa shape index (κ1) is 27.9. The number of anilines is 1. The van der Waals surface area contributed by atoms with Gasteiger partial charge in [-0.15, -0.1) is 0 Å². The minimum absolute atomic E-state index is 0.00861. The van der Waals surface area contributed by atoms with Crippen molar-refractivity contribution in [2.45, 2.75) is 43.9 Å². The van der Waals surface area contributed by atoms with Crippen LogP contribution in [0, 0.1) is 11.6 Å². The molecular formula is C25H23F5N2O4S. The van der Waals surface area contributed by atoms with E-state index in [0.717, 1.165) is 30.3 Å². The second-order valence-electron chi connectivity index (χ2n) is 8.15. The van der Waals surface area contributed by atoms with Crippen LogP contribution in [0.25, 0.3) is 0 Å². The Labute approximate surface area is 210 Å². The van der Waals surface area contributed by atoms with Gasteiger partial charge in [-0.1, -0.05) is 25.1 Å². The molecule has 0 bridgehead atoms. The Hall–Kier alpha value is -3.67. The van der Waals surface area contributed by atoms with Crippen LogP contribution in [0.2, 0.25) is 0 Å². The van der Waals surface area contributed by atoms with Crippen LogP contribution in [0.1, 0.15) is 31.4 Å². The lowest BCUT2D eigenvalue weighted by Gasteiger charge is -2.29. The van der Waals surface area contributed by atoms with Gasteiger partial charge in [0.2, 0.25) is 0 Å². The zero-order chi connectivity index (χ0) is 27.4. The number of amides is 2. The number of benzene rings is 3. The van der Waals surface area contributed by atoms with E-state index in [1.807, 2.05) is 6.92 Å². The lowest BCUT2D eigenvalue weighted by Crippen LogP contribution is -2.40. The van der Waals surface area contributed by atoms with Gasteiger partial charge < -0.3 is 14.4 Å². The monoisotopic (exact) mass is 542 g/mol. The molecule has 1 N–H and O–H groups in total. The van der Waals surface area contributed by atoms with Gasteiger partial charge in [0.15, 0.2) is 11.6 Å². The van der Waals surface area contributed by atoms with Crippen molar-refractivity contribution >= 4 is 21.8 Å². The van der Waals surface area contributed by atoms with Crippen LogP contribution in [0.3, 0.4) is 0 Å². The predicted octanol–water partition coefficient (Wildman–Crippen LogP) is 6.58. The molecule has 198 valence electrons. The van der Waals surface area contributed by atoms with Crippen molar-refractivity contribution < 1.29 is 39.3 Å². The van der Waals surface area contributed by atoms with E-state index in [2.05, 4.69) is 5.32 Å². The summed E-state index contributed by atoms with van der Waals surface area (Å²) in [6.07, 6.45) is -4.18. The lowest BCUT2D eigenvalue weighted by molar-refractivity contribution is -0.137. The zero-order valence-corrected chi connectivity index (χ0v) is 20.5. The molecular weight excluding hydrogens is 519 g/mol. The number of halogens is 5. The van der Waals surface area contributed by atoms with Crippen LogP contribution in [-0.4, -0.2) is 25.4 Å². The quantitative estimate of drug-likeness (QED) is 0.258. The minimum atomic E-state index is -4.73. The second-order valence-corrected chi connectivity index (χ2v) is 9.70. The molecule has 6 nitrogen and oxygen atoms in total. The maximum atomic E-state index is 13.5. The molecule has 0 saturated carbocycles. The van der Waals surface area contributed by atoms with Crippen molar-refractivity contribution in [3.05, 3.63) is 89.5 Å². The molecule has 1 unspecified atom stereocenters. The molecule has 0 aliphatic carbocycles. The largest absolute Gasteiger partial charge is 0.416 e. The molecule has 2 amide bonds. The van der Waals surface area contributed by atoms with E-state index < -0.39 is 44.4 Å². The maximum Gasteiger partial charge on any atom is 0.416 e. The Morgan fingerprint density at radius 2 is 1.70 bits per heavy atom. The van der Waals surface area contributed by atoms with E-state index in [1.54, 1.807) is 13.0 Å². The fraction of sp³-hybridized carbons (Fsp3) is 0.240. The summed E-state index contributed by atoms with van der Waals surface area (Å²) in [5, 5.41) is 2.50. The Morgan fingerprint density at radius 3 is 2.35 bits per heavy atom. The van der Waals surface area contributed by atoms with E-state index in [9.17, 15) is 35.2 Å². The van der Waals surface area contributed by atoms with Crippen LogP contribution < -0.4 is 9.50 Å². The number of nitrogens with zero attached hydrogens (tertiary/aromatic N) is 1. The molecule has 0 spiro atoms. The van der Waals surface area contributed by atoms with Crippen molar-refractivity contribution in [3.8, 4) is 5.75 Å². The molecule has 0 saturated heterocycles. The smallest absolute Gasteiger partial charge is 0.379 e. The summed E-state index contributed by atoms with van der Waals surface area (Å²) in [5.41, 5.74) is -0.638. The number of carbonyl (C=O) groups excluding carboxylic acids is 1. The van der Waals surface area contributed by atoms with Gasteiger partial charge in [0.05, 0.1) is 5.56 Å². The van der Waals surface area contributed by atoms with Gasteiger partial charge >= 0.3 is 22.3 Å². The van der Waals surface area contributed by atoms with Gasteiger partial charge in [-0.05, 0) is 61.4 Å². The van der Waals surface area contributed by atoms with Crippen LogP contribution >= 0.6 is 0 Å². The Kier molecular flexibility index (Phi) is 8.42. The lowest BCUT2D eigenvalue weighted by atomic mass is 10.1. The third-order valence-corrected chi connectivity index (χ3v) is 6.71. The first-order chi connectivity index (χ1) is 17.3. The maximum absolute atomic E-state index is 13.5. The van der Waals surface area contributed by atoms with Crippen LogP contribution in [-0.2, 0) is 22.8 Å². The summed E-state index contributed by atoms with van der Waals surface area (Å²) >= 11 is 0. The normalized spacial score (nSPS) is 12.6. The molecule has 0 aliphatic heterocycles. The highest BCUT2D eigenvalue weighted by molar-refractivity contribution is 7.87. The van der Waals surface area contributed by atoms with Crippen molar-refractivity contribution in [1.29, 1.82) is 0 Å². The van der Waals surface area contributed by atoms with E-state index in [0.29, 0.717) is 18.1 Å². The molecule has 3 rings (SSSR count). The summed E-state index contributed by atoms with van der Waals surface area (Å²) in [6.45, 7) is 3.60. The van der Waals surface area contributed by atoms with Crippen LogP contribution in [0.5, 0.6) is 5.75 Å². The zero-order valence-electron chi connectivity index (χ0n) is 19.7. The molecule has 0 aliphatic rings. The van der Waals surface area contributed by atoms with Gasteiger partial charge in [0.1, 0.15) is 10.6 Å². The van der Waals surface area contributed by atoms with Crippen LogP contribution in [0.4, 0.5) is 32.4 Å². The molecule has 1 atom stereocenters. The number of hydrogen-bond donors (Lipinski definition) is 1. The highest BCUT2D eigenvalue weighted by Crippen LogP contribution is 2.31. The average molecular weight is 543 g/mol. The van der Waals surface area contributed by atoms with Crippen LogP contribution in [0.15, 0.2) is 71.6 Å². The van der Waals surface area contributed by atoms with Crippen molar-refractivity contribution in [3.63, 3.8) is 0 Å². The standard InChI is InChI=1S/C25H23F5N2O4S/c1-3-16(2)32(24(33)31-19-10-11-22(26)23(27)14-19)15-17-6-4-8-20(12-17)36-37(34,35)21-9-5-7-18(13-21)25(28,29)30/h4-14,16H,3,15H2,1-2H3,(H,31,33). The van der Waals surface area contributed by atoms with Crippen molar-refractivity contribution in [1.82, 2.24) is 4.90 Å². The van der Waals surface area contributed by atoms with E-state index in [1.165, 1.54) is 29.2 Å². The summed E-state index contributed by atoms with van der Waals surface area (Å²) in [4.78, 5) is 13.6. The summed E-state index contributed by atoms with van der Waals surface area (Å²) < 4.78 is 96.0. The van der Waals surface area contributed by atoms with Crippen molar-refractivity contribution in [2.24, 2.45) is 0 Å². The number of urea groups is 1. The average Bonchev–Trinajstić information content (AvgIpc) is 2.84. The molecule has 3 aromatic rings. The highest BCUT2D eigenvalue weighted by Gasteiger charge is 2.32. The molecule has 0 heterocycles. The fourth-order valence-electron chi connectivity index (χ4n) is 3.31. The van der Waals surface area contributed by atoms with E-state index in [-0.39, 0.29) is 24.0 Å². The van der Waals surface area contributed by atoms with Gasteiger partial charge in [-0.2, -0.15) is 21.6 Å². The second kappa shape index (κ2) is 11.2. The van der Waals surface area contributed by atoms with Gasteiger partial charge in [0, 0.05) is 24.3 Å². The Bertz CT molecular complexity index is 1380. The summed E-state index contributed by atoms with van der Waals surface area (Å²) in [6, 6.07) is 10.9. The molecule has 0 radical (unpaired) electrons. The van der Waals surface area contributed by atoms with Crippen molar-refractivity contribution in [2.75, 3.05) is 5.32 Å². The fourth-order valence-corrected chi connectivity index (χ4v) is 4.28. The topological polar surface area (TPSA) is 75.7 Å². The number of hydrogen-bond acceptors (Lipinski definition) is 4. The third-order valence-electron chi connectivity index (χ3n) is 5.46. The Morgan fingerprint density at radius 1 is 1.00 bits per heavy atom. The number of nitrogens with one attached hydrogen (secondary N) is 1. The molecule has 0 aromatic heterocycles. The Balaban J connectivity index is 1.80. The predicted molar refractivity (Wildman–Crippen MR) is 126 cm³/mol. The number of rotatable bonds is 8. The van der Waals surface area contributed by atoms with Gasteiger partial charge in [-0.3, -0.25) is 0 Å². The molecule has 12 heteroatoms. The van der Waals surface area contributed by atoms with E-state index in [4.69, 9.17) is 4.18 Å². The first-order valence-corrected chi connectivity index (χ1v) is 12.4.